The Kier molecular flexibility index (Phi) is 4.13. The largest absolute Gasteiger partial charge is 0.306 e. The van der Waals surface area contributed by atoms with Gasteiger partial charge >= 0.3 is 0 Å². The summed E-state index contributed by atoms with van der Waals surface area (Å²) in [6, 6.07) is 11.9. The molecule has 1 aromatic rings. The highest BCUT2D eigenvalue weighted by Gasteiger charge is 2.39. The van der Waals surface area contributed by atoms with Crippen LogP contribution in [0, 0.1) is 6.92 Å². The lowest BCUT2D eigenvalue weighted by Gasteiger charge is -2.23. The van der Waals surface area contributed by atoms with Crippen LogP contribution in [0.15, 0.2) is 24.3 Å². The summed E-state index contributed by atoms with van der Waals surface area (Å²) < 4.78 is 0. The maximum absolute atomic E-state index is 3.90. The van der Waals surface area contributed by atoms with Gasteiger partial charge in [-0.05, 0) is 45.1 Å². The Hall–Kier alpha value is -0.860. The zero-order valence-corrected chi connectivity index (χ0v) is 13.1. The molecule has 1 saturated carbocycles. The first-order valence-corrected chi connectivity index (χ1v) is 8.25. The molecule has 0 amide bonds. The zero-order chi connectivity index (χ0) is 14.1. The Balaban J connectivity index is 1.62. The van der Waals surface area contributed by atoms with Crippen molar-refractivity contribution in [3.05, 3.63) is 35.4 Å². The lowest BCUT2D eigenvalue weighted by molar-refractivity contribution is 0.253. The van der Waals surface area contributed by atoms with Crippen LogP contribution < -0.4 is 5.32 Å². The molecule has 0 aromatic heterocycles. The molecular weight excluding hydrogens is 244 g/mol. The Morgan fingerprint density at radius 2 is 1.95 bits per heavy atom. The minimum absolute atomic E-state index is 0.506. The lowest BCUT2D eigenvalue weighted by atomic mass is 10.0. The van der Waals surface area contributed by atoms with Gasteiger partial charge in [-0.1, -0.05) is 36.8 Å². The minimum Gasteiger partial charge on any atom is -0.306 e. The molecule has 20 heavy (non-hydrogen) atoms. The number of nitrogens with zero attached hydrogens (tertiary/aromatic N) is 1. The summed E-state index contributed by atoms with van der Waals surface area (Å²) in [6.07, 6.45) is 5.31. The molecule has 1 N–H and O–H groups in total. The third kappa shape index (κ3) is 3.07. The molecule has 0 bridgehead atoms. The summed E-state index contributed by atoms with van der Waals surface area (Å²) in [5.74, 6) is 0. The van der Waals surface area contributed by atoms with E-state index in [2.05, 4.69) is 55.3 Å². The number of hydrogen-bond donors (Lipinski definition) is 1. The third-order valence-corrected chi connectivity index (χ3v) is 4.96. The first-order chi connectivity index (χ1) is 9.67. The fourth-order valence-corrected chi connectivity index (χ4v) is 3.63. The fourth-order valence-electron chi connectivity index (χ4n) is 3.63. The van der Waals surface area contributed by atoms with Crippen molar-refractivity contribution in [2.75, 3.05) is 6.54 Å². The van der Waals surface area contributed by atoms with Gasteiger partial charge in [-0.3, -0.25) is 4.90 Å². The van der Waals surface area contributed by atoms with E-state index in [9.17, 15) is 0 Å². The smallest absolute Gasteiger partial charge is 0.0320 e. The first kappa shape index (κ1) is 14.1. The van der Waals surface area contributed by atoms with Gasteiger partial charge in [0.15, 0.2) is 0 Å². The van der Waals surface area contributed by atoms with Crippen molar-refractivity contribution >= 4 is 0 Å². The van der Waals surface area contributed by atoms with E-state index in [1.807, 2.05) is 0 Å². The highest BCUT2D eigenvalue weighted by atomic mass is 15.3. The molecule has 3 unspecified atom stereocenters. The summed E-state index contributed by atoms with van der Waals surface area (Å²) in [6.45, 7) is 8.08. The summed E-state index contributed by atoms with van der Waals surface area (Å²) in [7, 11) is 0. The van der Waals surface area contributed by atoms with Crippen LogP contribution in [-0.4, -0.2) is 29.6 Å². The van der Waals surface area contributed by atoms with Crippen molar-refractivity contribution in [1.29, 1.82) is 0 Å². The van der Waals surface area contributed by atoms with Gasteiger partial charge in [-0.2, -0.15) is 0 Å². The van der Waals surface area contributed by atoms with E-state index in [1.54, 1.807) is 0 Å². The quantitative estimate of drug-likeness (QED) is 0.880. The van der Waals surface area contributed by atoms with Gasteiger partial charge < -0.3 is 5.32 Å². The van der Waals surface area contributed by atoms with Crippen molar-refractivity contribution in [3.63, 3.8) is 0 Å². The number of nitrogens with one attached hydrogen (secondary N) is 1. The Morgan fingerprint density at radius 1 is 1.25 bits per heavy atom. The summed E-state index contributed by atoms with van der Waals surface area (Å²) >= 11 is 0. The van der Waals surface area contributed by atoms with E-state index in [0.29, 0.717) is 12.1 Å². The number of likely N-dealkylation sites (tertiary alicyclic amines) is 1. The predicted molar refractivity (Wildman–Crippen MR) is 84.9 cm³/mol. The first-order valence-electron chi connectivity index (χ1n) is 8.25. The molecule has 1 aliphatic heterocycles. The van der Waals surface area contributed by atoms with Crippen molar-refractivity contribution in [2.45, 2.75) is 70.6 Å². The van der Waals surface area contributed by atoms with Gasteiger partial charge in [0.2, 0.25) is 0 Å². The normalized spacial score (nSPS) is 28.8. The molecule has 0 spiro atoms. The second-order valence-corrected chi connectivity index (χ2v) is 6.75. The van der Waals surface area contributed by atoms with Crippen LogP contribution in [0.4, 0.5) is 0 Å². The Morgan fingerprint density at radius 3 is 2.55 bits per heavy atom. The molecule has 3 rings (SSSR count). The van der Waals surface area contributed by atoms with Crippen LogP contribution >= 0.6 is 0 Å². The number of benzene rings is 1. The van der Waals surface area contributed by atoms with Crippen LogP contribution in [0.5, 0.6) is 0 Å². The molecule has 2 fully saturated rings. The average Bonchev–Trinajstić information content (AvgIpc) is 3.21. The van der Waals surface area contributed by atoms with E-state index in [-0.39, 0.29) is 0 Å². The van der Waals surface area contributed by atoms with Crippen molar-refractivity contribution in [3.8, 4) is 0 Å². The molecule has 1 heterocycles. The van der Waals surface area contributed by atoms with Gasteiger partial charge in [0.05, 0.1) is 0 Å². The third-order valence-electron chi connectivity index (χ3n) is 4.96. The number of aryl methyl sites for hydroxylation is 1. The molecule has 0 radical (unpaired) electrons. The van der Waals surface area contributed by atoms with Gasteiger partial charge in [-0.15, -0.1) is 0 Å². The van der Waals surface area contributed by atoms with E-state index >= 15 is 0 Å². The molecule has 110 valence electrons. The molecule has 2 nitrogen and oxygen atoms in total. The Bertz CT molecular complexity index is 435. The summed E-state index contributed by atoms with van der Waals surface area (Å²) in [5, 5.41) is 3.90. The number of hydrogen-bond acceptors (Lipinski definition) is 2. The van der Waals surface area contributed by atoms with Crippen LogP contribution in [0.1, 0.15) is 56.7 Å². The topological polar surface area (TPSA) is 15.3 Å². The van der Waals surface area contributed by atoms with Crippen LogP contribution in [0.2, 0.25) is 0 Å². The molecule has 2 heteroatoms. The summed E-state index contributed by atoms with van der Waals surface area (Å²) in [4.78, 5) is 2.72. The monoisotopic (exact) mass is 272 g/mol. The molecule has 1 aliphatic carbocycles. The zero-order valence-electron chi connectivity index (χ0n) is 13.1. The van der Waals surface area contributed by atoms with E-state index in [0.717, 1.165) is 18.5 Å². The maximum Gasteiger partial charge on any atom is 0.0320 e. The molecule has 2 aliphatic rings. The van der Waals surface area contributed by atoms with Crippen LogP contribution in [0.3, 0.4) is 0 Å². The van der Waals surface area contributed by atoms with Crippen molar-refractivity contribution in [1.82, 2.24) is 10.2 Å². The molecular formula is C18H28N2. The van der Waals surface area contributed by atoms with Crippen molar-refractivity contribution in [2.24, 2.45) is 0 Å². The highest BCUT2D eigenvalue weighted by molar-refractivity contribution is 5.24. The van der Waals surface area contributed by atoms with Gasteiger partial charge in [0, 0.05) is 30.7 Å². The van der Waals surface area contributed by atoms with E-state index in [1.165, 1.54) is 36.9 Å². The standard InChI is InChI=1S/C18H28N2/c1-4-18(15-7-5-13(2)6-8-15)19-16-11-14(3)20(12-16)17-9-10-17/h5-8,14,16-19H,4,9-12H2,1-3H3. The summed E-state index contributed by atoms with van der Waals surface area (Å²) in [5.41, 5.74) is 2.79. The van der Waals surface area contributed by atoms with E-state index in [4.69, 9.17) is 0 Å². The SMILES string of the molecule is CCC(NC1CC(C)N(C2CC2)C1)c1ccc(C)cc1. The van der Waals surface area contributed by atoms with Gasteiger partial charge in [0.25, 0.3) is 0 Å². The fraction of sp³-hybridized carbons (Fsp3) is 0.667. The minimum atomic E-state index is 0.506. The molecule has 3 atom stereocenters. The Labute approximate surface area is 123 Å². The highest BCUT2D eigenvalue weighted by Crippen LogP contribution is 2.34. The molecule has 1 aromatic carbocycles. The lowest BCUT2D eigenvalue weighted by Crippen LogP contribution is -2.36. The van der Waals surface area contributed by atoms with Gasteiger partial charge in [-0.25, -0.2) is 0 Å². The van der Waals surface area contributed by atoms with Crippen LogP contribution in [-0.2, 0) is 0 Å². The predicted octanol–water partition coefficient (Wildman–Crippen LogP) is 3.66. The molecule has 1 saturated heterocycles. The number of rotatable bonds is 5. The average molecular weight is 272 g/mol. The van der Waals surface area contributed by atoms with Crippen molar-refractivity contribution < 1.29 is 0 Å². The maximum atomic E-state index is 3.90. The van der Waals surface area contributed by atoms with Gasteiger partial charge in [0.1, 0.15) is 0 Å². The van der Waals surface area contributed by atoms with E-state index < -0.39 is 0 Å². The second-order valence-electron chi connectivity index (χ2n) is 6.75. The second kappa shape index (κ2) is 5.87. The van der Waals surface area contributed by atoms with Crippen LogP contribution in [0.25, 0.3) is 0 Å².